The summed E-state index contributed by atoms with van der Waals surface area (Å²) >= 11 is 0. The Bertz CT molecular complexity index is 1510. The molecule has 166 valence electrons. The number of imidazole rings is 1. The summed E-state index contributed by atoms with van der Waals surface area (Å²) in [6, 6.07) is 12.8. The maximum atomic E-state index is 13.1. The summed E-state index contributed by atoms with van der Waals surface area (Å²) in [5.41, 5.74) is 10.2. The molecule has 0 spiro atoms. The summed E-state index contributed by atoms with van der Waals surface area (Å²) in [6.45, 7) is 1.12. The molecule has 0 bridgehead atoms. The largest absolute Gasteiger partial charge is 0.382 e. The number of aromatic nitrogens is 3. The molecule has 0 saturated carbocycles. The van der Waals surface area contributed by atoms with Gasteiger partial charge in [-0.3, -0.25) is 24.7 Å². The minimum absolute atomic E-state index is 0. The van der Waals surface area contributed by atoms with E-state index in [1.54, 1.807) is 10.6 Å². The number of benzene rings is 1. The van der Waals surface area contributed by atoms with Gasteiger partial charge >= 0.3 is 0 Å². The van der Waals surface area contributed by atoms with Crippen LogP contribution in [-0.4, -0.2) is 38.1 Å². The SMILES string of the molecule is Cl.N=C(N)c1cc2cccc3c2n1CCNC3C1=C(c2cnc3ccccn23)C(=O)NC1=O. The predicted molar refractivity (Wildman–Crippen MR) is 126 cm³/mol. The van der Waals surface area contributed by atoms with Gasteiger partial charge in [-0.05, 0) is 23.8 Å². The zero-order valence-corrected chi connectivity index (χ0v) is 18.1. The van der Waals surface area contributed by atoms with Gasteiger partial charge in [-0.2, -0.15) is 0 Å². The Morgan fingerprint density at radius 1 is 1.15 bits per heavy atom. The van der Waals surface area contributed by atoms with E-state index in [0.717, 1.165) is 16.5 Å². The molecule has 5 heterocycles. The number of rotatable bonds is 3. The van der Waals surface area contributed by atoms with Gasteiger partial charge in [-0.15, -0.1) is 12.4 Å². The normalized spacial score (nSPS) is 17.9. The highest BCUT2D eigenvalue weighted by Gasteiger charge is 2.39. The minimum Gasteiger partial charge on any atom is -0.382 e. The maximum absolute atomic E-state index is 13.1. The minimum atomic E-state index is -0.509. The zero-order chi connectivity index (χ0) is 22.0. The smallest absolute Gasteiger partial charge is 0.260 e. The first-order valence-electron chi connectivity index (χ1n) is 10.3. The number of carbonyl (C=O) groups is 2. The number of halogens is 1. The van der Waals surface area contributed by atoms with Crippen LogP contribution in [0.25, 0.3) is 22.1 Å². The third kappa shape index (κ3) is 2.97. The number of imide groups is 1. The summed E-state index contributed by atoms with van der Waals surface area (Å²) in [7, 11) is 0. The highest BCUT2D eigenvalue weighted by molar-refractivity contribution is 6.36. The lowest BCUT2D eigenvalue weighted by Crippen LogP contribution is -2.30. The van der Waals surface area contributed by atoms with Gasteiger partial charge in [0, 0.05) is 24.7 Å². The number of amidine groups is 1. The van der Waals surface area contributed by atoms with Crippen LogP contribution in [0.2, 0.25) is 0 Å². The predicted octanol–water partition coefficient (Wildman–Crippen LogP) is 1.75. The van der Waals surface area contributed by atoms with Gasteiger partial charge in [0.1, 0.15) is 11.5 Å². The van der Waals surface area contributed by atoms with Crippen LogP contribution < -0.4 is 16.4 Å². The van der Waals surface area contributed by atoms with Crippen LogP contribution in [0.5, 0.6) is 0 Å². The van der Waals surface area contributed by atoms with Crippen molar-refractivity contribution in [2.45, 2.75) is 12.6 Å². The van der Waals surface area contributed by atoms with Crippen molar-refractivity contribution in [3.8, 4) is 0 Å². The lowest BCUT2D eigenvalue weighted by Gasteiger charge is -2.19. The zero-order valence-electron chi connectivity index (χ0n) is 17.3. The molecule has 33 heavy (non-hydrogen) atoms. The number of pyridine rings is 1. The average molecular weight is 462 g/mol. The average Bonchev–Trinajstić information content (AvgIpc) is 3.40. The van der Waals surface area contributed by atoms with Crippen LogP contribution in [0.3, 0.4) is 0 Å². The molecular weight excluding hydrogens is 442 g/mol. The number of amides is 2. The fourth-order valence-electron chi connectivity index (χ4n) is 4.85. The molecule has 2 amide bonds. The topological polar surface area (TPSA) is 130 Å². The highest BCUT2D eigenvalue weighted by Crippen LogP contribution is 2.38. The molecule has 2 aliphatic rings. The van der Waals surface area contributed by atoms with Gasteiger partial charge in [0.25, 0.3) is 11.8 Å². The van der Waals surface area contributed by atoms with Crippen molar-refractivity contribution in [3.05, 3.63) is 77.4 Å². The van der Waals surface area contributed by atoms with Crippen LogP contribution in [0.15, 0.2) is 60.4 Å². The first-order valence-corrected chi connectivity index (χ1v) is 10.3. The molecule has 3 aromatic heterocycles. The molecule has 0 fully saturated rings. The van der Waals surface area contributed by atoms with E-state index < -0.39 is 17.9 Å². The Morgan fingerprint density at radius 3 is 2.82 bits per heavy atom. The second-order valence-corrected chi connectivity index (χ2v) is 7.91. The Kier molecular flexibility index (Phi) is 4.80. The third-order valence-corrected chi connectivity index (χ3v) is 6.15. The standard InChI is InChI=1S/C23H19N7O2.ClH/c24-21(25)14-10-12-4-3-5-13-19(26-7-9-30(14)20(12)13)18-17(22(31)28-23(18)32)15-11-27-16-6-1-2-8-29(15)16;/h1-6,8,10-11,19,26H,7,9H2,(H3,24,25)(H,28,31,32);1H. The highest BCUT2D eigenvalue weighted by atomic mass is 35.5. The number of nitrogen functional groups attached to an aromatic ring is 1. The first kappa shape index (κ1) is 20.9. The first-order chi connectivity index (χ1) is 15.5. The number of nitrogens with zero attached hydrogens (tertiary/aromatic N) is 3. The van der Waals surface area contributed by atoms with Crippen LogP contribution in [0, 0.1) is 5.41 Å². The molecule has 4 aromatic rings. The molecule has 1 atom stereocenters. The fraction of sp³-hybridized carbons (Fsp3) is 0.130. The lowest BCUT2D eigenvalue weighted by molar-refractivity contribution is -0.123. The van der Waals surface area contributed by atoms with Crippen LogP contribution in [0.4, 0.5) is 0 Å². The number of fused-ring (bicyclic) bond motifs is 1. The Labute approximate surface area is 194 Å². The number of para-hydroxylation sites is 1. The molecule has 0 radical (unpaired) electrons. The van der Waals surface area contributed by atoms with Gasteiger partial charge in [0.05, 0.1) is 40.3 Å². The van der Waals surface area contributed by atoms with E-state index in [1.165, 1.54) is 0 Å². The summed E-state index contributed by atoms with van der Waals surface area (Å²) in [6.07, 6.45) is 3.45. The fourth-order valence-corrected chi connectivity index (χ4v) is 4.85. The maximum Gasteiger partial charge on any atom is 0.260 e. The second kappa shape index (κ2) is 7.58. The molecule has 2 aliphatic heterocycles. The van der Waals surface area contributed by atoms with Gasteiger partial charge in [0.2, 0.25) is 0 Å². The number of carbonyl (C=O) groups excluding carboxylic acids is 2. The van der Waals surface area contributed by atoms with Gasteiger partial charge in [-0.25, -0.2) is 4.98 Å². The number of hydrogen-bond acceptors (Lipinski definition) is 5. The van der Waals surface area contributed by atoms with E-state index in [-0.39, 0.29) is 18.2 Å². The summed E-state index contributed by atoms with van der Waals surface area (Å²) in [4.78, 5) is 30.4. The van der Waals surface area contributed by atoms with Crippen LogP contribution in [-0.2, 0) is 16.1 Å². The van der Waals surface area contributed by atoms with E-state index in [1.807, 2.05) is 53.2 Å². The number of nitrogens with one attached hydrogen (secondary N) is 3. The molecule has 1 unspecified atom stereocenters. The molecule has 5 N–H and O–H groups in total. The quantitative estimate of drug-likeness (QED) is 0.210. The summed E-state index contributed by atoms with van der Waals surface area (Å²) in [5, 5.41) is 14.8. The Morgan fingerprint density at radius 2 is 2.00 bits per heavy atom. The van der Waals surface area contributed by atoms with Crippen molar-refractivity contribution in [2.24, 2.45) is 5.73 Å². The van der Waals surface area contributed by atoms with Crippen molar-refractivity contribution in [2.75, 3.05) is 6.54 Å². The Balaban J connectivity index is 0.00000228. The van der Waals surface area contributed by atoms with Crippen molar-refractivity contribution in [3.63, 3.8) is 0 Å². The van der Waals surface area contributed by atoms with Crippen molar-refractivity contribution in [1.82, 2.24) is 24.6 Å². The summed E-state index contributed by atoms with van der Waals surface area (Å²) < 4.78 is 3.81. The van der Waals surface area contributed by atoms with Gasteiger partial charge in [0.15, 0.2) is 0 Å². The molecular formula is C23H20ClN7O2. The van der Waals surface area contributed by atoms with Crippen molar-refractivity contribution >= 4 is 52.2 Å². The van der Waals surface area contributed by atoms with Crippen LogP contribution >= 0.6 is 12.4 Å². The van der Waals surface area contributed by atoms with Gasteiger partial charge < -0.3 is 15.6 Å². The molecule has 6 rings (SSSR count). The molecule has 1 aromatic carbocycles. The van der Waals surface area contributed by atoms with E-state index in [2.05, 4.69) is 15.6 Å². The molecule has 0 saturated heterocycles. The monoisotopic (exact) mass is 461 g/mol. The van der Waals surface area contributed by atoms with Gasteiger partial charge in [-0.1, -0.05) is 24.3 Å². The van der Waals surface area contributed by atoms with Crippen molar-refractivity contribution < 1.29 is 9.59 Å². The summed E-state index contributed by atoms with van der Waals surface area (Å²) in [5.74, 6) is -0.865. The van der Waals surface area contributed by atoms with E-state index >= 15 is 0 Å². The van der Waals surface area contributed by atoms with E-state index in [0.29, 0.717) is 41.3 Å². The molecule has 0 aliphatic carbocycles. The lowest BCUT2D eigenvalue weighted by atomic mass is 9.93. The Hall–Kier alpha value is -3.95. The number of nitrogens with two attached hydrogens (primary N) is 1. The second-order valence-electron chi connectivity index (χ2n) is 7.91. The van der Waals surface area contributed by atoms with Crippen molar-refractivity contribution in [1.29, 1.82) is 5.41 Å². The molecule has 9 nitrogen and oxygen atoms in total. The molecule has 10 heteroatoms. The van der Waals surface area contributed by atoms with Crippen LogP contribution in [0.1, 0.15) is 23.0 Å². The number of hydrogen-bond donors (Lipinski definition) is 4. The third-order valence-electron chi connectivity index (χ3n) is 6.15. The van der Waals surface area contributed by atoms with E-state index in [9.17, 15) is 9.59 Å². The van der Waals surface area contributed by atoms with E-state index in [4.69, 9.17) is 11.1 Å².